The minimum Gasteiger partial charge on any atom is -0.298 e. The summed E-state index contributed by atoms with van der Waals surface area (Å²) in [5, 5.41) is 2.84. The van der Waals surface area contributed by atoms with Gasteiger partial charge in [-0.1, -0.05) is 0 Å². The average Bonchev–Trinajstić information content (AvgIpc) is 2.74. The first kappa shape index (κ1) is 9.15. The average molecular weight is 206 g/mol. The van der Waals surface area contributed by atoms with E-state index in [1.165, 1.54) is 0 Å². The maximum Gasteiger partial charge on any atom is 0.193 e. The van der Waals surface area contributed by atoms with Gasteiger partial charge in [-0.05, 0) is 19.9 Å². The Morgan fingerprint density at radius 1 is 1.50 bits per heavy atom. The molecule has 0 spiro atoms. The van der Waals surface area contributed by atoms with Crippen LogP contribution >= 0.6 is 11.3 Å². The van der Waals surface area contributed by atoms with Crippen molar-refractivity contribution in [3.05, 3.63) is 34.6 Å². The summed E-state index contributed by atoms with van der Waals surface area (Å²) in [6.07, 6.45) is 2.64. The van der Waals surface area contributed by atoms with Crippen LogP contribution < -0.4 is 0 Å². The number of rotatable bonds is 2. The maximum atomic E-state index is 10.7. The molecule has 0 saturated carbocycles. The summed E-state index contributed by atoms with van der Waals surface area (Å²) in [5.41, 5.74) is 2.73. The van der Waals surface area contributed by atoms with Crippen molar-refractivity contribution in [2.45, 2.75) is 13.8 Å². The molecule has 2 heterocycles. The van der Waals surface area contributed by atoms with Gasteiger partial charge in [0.15, 0.2) is 11.4 Å². The molecular formula is C10H10N2OS. The van der Waals surface area contributed by atoms with Gasteiger partial charge in [0.25, 0.3) is 0 Å². The topological polar surface area (TPSA) is 34.9 Å². The van der Waals surface area contributed by atoms with E-state index in [1.807, 2.05) is 29.9 Å². The molecule has 0 amide bonds. The molecular weight excluding hydrogens is 196 g/mol. The zero-order chi connectivity index (χ0) is 10.1. The van der Waals surface area contributed by atoms with Crippen molar-refractivity contribution in [1.82, 2.24) is 9.55 Å². The summed E-state index contributed by atoms with van der Waals surface area (Å²) in [5.74, 6) is 0. The summed E-state index contributed by atoms with van der Waals surface area (Å²) in [7, 11) is 0. The zero-order valence-corrected chi connectivity index (χ0v) is 8.84. The molecule has 0 aliphatic carbocycles. The third kappa shape index (κ3) is 1.28. The van der Waals surface area contributed by atoms with Crippen LogP contribution in [0.5, 0.6) is 0 Å². The third-order valence-corrected chi connectivity index (χ3v) is 2.96. The van der Waals surface area contributed by atoms with Crippen molar-refractivity contribution in [3.63, 3.8) is 0 Å². The Hall–Kier alpha value is -1.42. The van der Waals surface area contributed by atoms with Crippen molar-refractivity contribution < 1.29 is 4.79 Å². The van der Waals surface area contributed by atoms with E-state index in [9.17, 15) is 4.79 Å². The molecule has 3 nitrogen and oxygen atoms in total. The molecule has 0 aliphatic rings. The molecule has 0 bridgehead atoms. The zero-order valence-electron chi connectivity index (χ0n) is 8.02. The predicted octanol–water partition coefficient (Wildman–Crippen LogP) is 2.36. The van der Waals surface area contributed by atoms with E-state index in [4.69, 9.17) is 0 Å². The highest BCUT2D eigenvalue weighted by Crippen LogP contribution is 2.20. The molecule has 2 aromatic heterocycles. The number of hydrogen-bond donors (Lipinski definition) is 0. The lowest BCUT2D eigenvalue weighted by molar-refractivity contribution is 0.112. The summed E-state index contributed by atoms with van der Waals surface area (Å²) < 4.78 is 1.99. The molecule has 0 saturated heterocycles. The van der Waals surface area contributed by atoms with Gasteiger partial charge in [0.2, 0.25) is 0 Å². The van der Waals surface area contributed by atoms with E-state index in [2.05, 4.69) is 4.98 Å². The first-order valence-electron chi connectivity index (χ1n) is 4.28. The summed E-state index contributed by atoms with van der Waals surface area (Å²) in [6, 6.07) is 1.88. The lowest BCUT2D eigenvalue weighted by Crippen LogP contribution is -1.98. The number of carbonyl (C=O) groups is 1. The van der Waals surface area contributed by atoms with Gasteiger partial charge in [0.1, 0.15) is 0 Å². The number of hydrogen-bond acceptors (Lipinski definition) is 3. The number of aryl methyl sites for hydroxylation is 1. The smallest absolute Gasteiger partial charge is 0.193 e. The highest BCUT2D eigenvalue weighted by Gasteiger charge is 2.10. The fourth-order valence-electron chi connectivity index (χ4n) is 1.53. The van der Waals surface area contributed by atoms with Crippen molar-refractivity contribution in [2.24, 2.45) is 0 Å². The molecule has 0 aromatic carbocycles. The summed E-state index contributed by atoms with van der Waals surface area (Å²) in [6.45, 7) is 3.90. The van der Waals surface area contributed by atoms with Crippen molar-refractivity contribution >= 4 is 17.6 Å². The predicted molar refractivity (Wildman–Crippen MR) is 56.3 cm³/mol. The van der Waals surface area contributed by atoms with Crippen molar-refractivity contribution in [2.75, 3.05) is 0 Å². The highest BCUT2D eigenvalue weighted by atomic mass is 32.1. The Morgan fingerprint density at radius 2 is 2.29 bits per heavy atom. The molecule has 0 radical (unpaired) electrons. The molecule has 0 fully saturated rings. The van der Waals surface area contributed by atoms with Crippen molar-refractivity contribution in [1.29, 1.82) is 0 Å². The van der Waals surface area contributed by atoms with Gasteiger partial charge in [-0.3, -0.25) is 9.36 Å². The molecule has 14 heavy (non-hydrogen) atoms. The normalized spacial score (nSPS) is 10.4. The monoisotopic (exact) mass is 206 g/mol. The fraction of sp³-hybridized carbons (Fsp3) is 0.200. The molecule has 0 atom stereocenters. The Bertz CT molecular complexity index is 457. The van der Waals surface area contributed by atoms with E-state index in [-0.39, 0.29) is 0 Å². The first-order valence-corrected chi connectivity index (χ1v) is 5.16. The van der Waals surface area contributed by atoms with E-state index in [0.29, 0.717) is 0 Å². The number of nitrogens with zero attached hydrogens (tertiary/aromatic N) is 2. The van der Waals surface area contributed by atoms with Crippen LogP contribution in [0, 0.1) is 13.8 Å². The van der Waals surface area contributed by atoms with Crippen LogP contribution in [0.2, 0.25) is 0 Å². The molecule has 2 aromatic rings. The van der Waals surface area contributed by atoms with Crippen LogP contribution in [0.25, 0.3) is 5.13 Å². The van der Waals surface area contributed by atoms with E-state index < -0.39 is 0 Å². The standard InChI is InChI=1S/C10H10N2OS/c1-7-5-9(6-13)8(2)12(7)10-11-3-4-14-10/h3-6H,1-2H3. The molecule has 72 valence electrons. The van der Waals surface area contributed by atoms with Gasteiger partial charge in [-0.2, -0.15) is 0 Å². The Balaban J connectivity index is 2.64. The Kier molecular flexibility index (Phi) is 2.21. The SMILES string of the molecule is Cc1cc(C=O)c(C)n1-c1nccs1. The fourth-order valence-corrected chi connectivity index (χ4v) is 2.28. The van der Waals surface area contributed by atoms with Crippen LogP contribution in [0.1, 0.15) is 21.7 Å². The van der Waals surface area contributed by atoms with Gasteiger partial charge in [-0.25, -0.2) is 4.98 Å². The molecule has 0 aliphatic heterocycles. The Morgan fingerprint density at radius 3 is 2.79 bits per heavy atom. The lowest BCUT2D eigenvalue weighted by atomic mass is 10.3. The van der Waals surface area contributed by atoms with Crippen LogP contribution in [0.4, 0.5) is 0 Å². The molecule has 0 unspecified atom stereocenters. The minimum atomic E-state index is 0.734. The van der Waals surface area contributed by atoms with Gasteiger partial charge < -0.3 is 0 Å². The molecule has 2 rings (SSSR count). The minimum absolute atomic E-state index is 0.734. The molecule has 4 heteroatoms. The number of carbonyl (C=O) groups excluding carboxylic acids is 1. The number of aldehydes is 1. The Labute approximate surface area is 86.0 Å². The van der Waals surface area contributed by atoms with Crippen LogP contribution in [-0.2, 0) is 0 Å². The molecule has 0 N–H and O–H groups in total. The van der Waals surface area contributed by atoms with Gasteiger partial charge in [0.05, 0.1) is 0 Å². The lowest BCUT2D eigenvalue weighted by Gasteiger charge is -2.03. The highest BCUT2D eigenvalue weighted by molar-refractivity contribution is 7.12. The third-order valence-electron chi connectivity index (χ3n) is 2.21. The summed E-state index contributed by atoms with van der Waals surface area (Å²) in [4.78, 5) is 15.0. The van der Waals surface area contributed by atoms with Gasteiger partial charge >= 0.3 is 0 Å². The second kappa shape index (κ2) is 3.38. The van der Waals surface area contributed by atoms with E-state index in [1.54, 1.807) is 17.5 Å². The van der Waals surface area contributed by atoms with Crippen molar-refractivity contribution in [3.8, 4) is 5.13 Å². The largest absolute Gasteiger partial charge is 0.298 e. The number of aromatic nitrogens is 2. The summed E-state index contributed by atoms with van der Waals surface area (Å²) >= 11 is 1.56. The van der Waals surface area contributed by atoms with E-state index >= 15 is 0 Å². The second-order valence-corrected chi connectivity index (χ2v) is 3.97. The quantitative estimate of drug-likeness (QED) is 0.707. The first-order chi connectivity index (χ1) is 6.74. The second-order valence-electron chi connectivity index (χ2n) is 3.09. The number of thiazole rings is 1. The van der Waals surface area contributed by atoms with Crippen LogP contribution in [0.15, 0.2) is 17.6 Å². The van der Waals surface area contributed by atoms with Gasteiger partial charge in [0, 0.05) is 28.5 Å². The maximum absolute atomic E-state index is 10.7. The van der Waals surface area contributed by atoms with Crippen LogP contribution in [-0.4, -0.2) is 15.8 Å². The van der Waals surface area contributed by atoms with Crippen LogP contribution in [0.3, 0.4) is 0 Å². The van der Waals surface area contributed by atoms with Gasteiger partial charge in [-0.15, -0.1) is 11.3 Å². The van der Waals surface area contributed by atoms with E-state index in [0.717, 1.165) is 28.4 Å².